The lowest BCUT2D eigenvalue weighted by atomic mass is 9.87. The number of piperidine rings is 1. The van der Waals surface area contributed by atoms with Crippen LogP contribution in [0.15, 0.2) is 58.4 Å². The van der Waals surface area contributed by atoms with Crippen LogP contribution >= 0.6 is 0 Å². The van der Waals surface area contributed by atoms with Crippen molar-refractivity contribution in [3.05, 3.63) is 59.7 Å². The van der Waals surface area contributed by atoms with E-state index >= 15 is 0 Å². The van der Waals surface area contributed by atoms with Gasteiger partial charge >= 0.3 is 5.97 Å². The topological polar surface area (TPSA) is 152 Å². The molecule has 1 saturated heterocycles. The van der Waals surface area contributed by atoms with Crippen LogP contribution in [0.25, 0.3) is 0 Å². The Labute approximate surface area is 248 Å². The minimum Gasteiger partial charge on any atom is -0.480 e. The molecular formula is C30H42N6O5S. The van der Waals surface area contributed by atoms with Gasteiger partial charge in [-0.1, -0.05) is 39.0 Å². The molecule has 1 amide bonds. The van der Waals surface area contributed by atoms with Crippen LogP contribution in [0.3, 0.4) is 0 Å². The molecule has 0 saturated carbocycles. The molecule has 0 spiro atoms. The van der Waals surface area contributed by atoms with Gasteiger partial charge in [0.1, 0.15) is 6.04 Å². The van der Waals surface area contributed by atoms with Crippen molar-refractivity contribution in [2.24, 2.45) is 4.99 Å². The number of carbonyl (C=O) groups is 2. The standard InChI is InChI=1S/C30H42N6O5S/c1-30(2,3)24-8-4-5-9-26(24)42(40,41)35-25(28(38)39)20-33-27(37)21-10-12-23(13-11-21)36-18-14-22(15-19-36)34-29-31-16-6-7-17-32-29/h4-5,8-13,22,25,35H,6-7,14-20H2,1-3H3,(H,33,37)(H,38,39)(H2,31,32,34)/t25-/m0/s1. The van der Waals surface area contributed by atoms with Crippen molar-refractivity contribution >= 4 is 33.5 Å². The Morgan fingerprint density at radius 1 is 1.07 bits per heavy atom. The first-order valence-electron chi connectivity index (χ1n) is 14.5. The van der Waals surface area contributed by atoms with Gasteiger partial charge in [0, 0.05) is 50.0 Å². The first-order valence-corrected chi connectivity index (χ1v) is 15.9. The molecule has 2 aliphatic heterocycles. The molecule has 2 aromatic carbocycles. The summed E-state index contributed by atoms with van der Waals surface area (Å²) in [6.07, 6.45) is 4.17. The molecule has 1 atom stereocenters. The van der Waals surface area contributed by atoms with Gasteiger partial charge in [0.25, 0.3) is 5.91 Å². The monoisotopic (exact) mass is 598 g/mol. The van der Waals surface area contributed by atoms with Crippen LogP contribution in [0.4, 0.5) is 5.69 Å². The van der Waals surface area contributed by atoms with Crippen molar-refractivity contribution < 1.29 is 23.1 Å². The van der Waals surface area contributed by atoms with Crippen LogP contribution in [0, 0.1) is 0 Å². The number of guanidine groups is 1. The van der Waals surface area contributed by atoms with E-state index in [4.69, 9.17) is 0 Å². The lowest BCUT2D eigenvalue weighted by molar-refractivity contribution is -0.138. The van der Waals surface area contributed by atoms with E-state index in [-0.39, 0.29) is 4.90 Å². The third-order valence-corrected chi connectivity index (χ3v) is 9.05. The maximum absolute atomic E-state index is 13.1. The summed E-state index contributed by atoms with van der Waals surface area (Å²) in [5.41, 5.74) is 1.46. The van der Waals surface area contributed by atoms with Gasteiger partial charge in [-0.3, -0.25) is 14.6 Å². The van der Waals surface area contributed by atoms with Gasteiger partial charge in [-0.05, 0) is 67.0 Å². The maximum atomic E-state index is 13.1. The molecule has 0 unspecified atom stereocenters. The number of benzene rings is 2. The summed E-state index contributed by atoms with van der Waals surface area (Å²) in [6.45, 7) is 8.78. The summed E-state index contributed by atoms with van der Waals surface area (Å²) in [5.74, 6) is -0.974. The van der Waals surface area contributed by atoms with E-state index in [0.29, 0.717) is 17.2 Å². The number of carboxylic acids is 1. The molecule has 1 fully saturated rings. The molecule has 42 heavy (non-hydrogen) atoms. The van der Waals surface area contributed by atoms with E-state index in [1.54, 1.807) is 30.3 Å². The van der Waals surface area contributed by atoms with E-state index in [9.17, 15) is 23.1 Å². The van der Waals surface area contributed by atoms with E-state index < -0.39 is 39.9 Å². The fraction of sp³-hybridized carbons (Fsp3) is 0.500. The smallest absolute Gasteiger partial charge is 0.323 e. The van der Waals surface area contributed by atoms with Crippen LogP contribution < -0.4 is 25.6 Å². The highest BCUT2D eigenvalue weighted by atomic mass is 32.2. The SMILES string of the molecule is CC(C)(C)c1ccccc1S(=O)(=O)N[C@@H](CNC(=O)c1ccc(N2CCC(NC3=NCCCCN3)CC2)cc1)C(=O)O. The summed E-state index contributed by atoms with van der Waals surface area (Å²) in [7, 11) is -4.17. The summed E-state index contributed by atoms with van der Waals surface area (Å²) in [5, 5.41) is 19.2. The maximum Gasteiger partial charge on any atom is 0.323 e. The van der Waals surface area contributed by atoms with Crippen molar-refractivity contribution in [3.63, 3.8) is 0 Å². The molecule has 11 nitrogen and oxygen atoms in total. The molecule has 0 radical (unpaired) electrons. The van der Waals surface area contributed by atoms with Crippen LogP contribution in [0.5, 0.6) is 0 Å². The highest BCUT2D eigenvalue weighted by Gasteiger charge is 2.30. The third kappa shape index (κ3) is 8.22. The Hall–Kier alpha value is -3.64. The summed E-state index contributed by atoms with van der Waals surface area (Å²) in [4.78, 5) is 31.6. The van der Waals surface area contributed by atoms with Gasteiger partial charge in [0.05, 0.1) is 4.90 Å². The highest BCUT2D eigenvalue weighted by Crippen LogP contribution is 2.28. The van der Waals surface area contributed by atoms with Crippen molar-refractivity contribution in [2.75, 3.05) is 37.6 Å². The highest BCUT2D eigenvalue weighted by molar-refractivity contribution is 7.89. The van der Waals surface area contributed by atoms with Crippen LogP contribution in [0.2, 0.25) is 0 Å². The second kappa shape index (κ2) is 13.6. The number of rotatable bonds is 9. The molecule has 2 aromatic rings. The van der Waals surface area contributed by atoms with E-state index in [1.807, 2.05) is 32.9 Å². The average molecular weight is 599 g/mol. The van der Waals surface area contributed by atoms with Gasteiger partial charge < -0.3 is 26.0 Å². The number of nitrogens with one attached hydrogen (secondary N) is 4. The van der Waals surface area contributed by atoms with Gasteiger partial charge in [-0.2, -0.15) is 4.72 Å². The number of anilines is 1. The Morgan fingerprint density at radius 3 is 2.43 bits per heavy atom. The molecule has 0 bridgehead atoms. The lowest BCUT2D eigenvalue weighted by Crippen LogP contribution is -2.48. The lowest BCUT2D eigenvalue weighted by Gasteiger charge is -2.34. The van der Waals surface area contributed by atoms with E-state index in [2.05, 4.69) is 30.6 Å². The normalized spacial score (nSPS) is 17.4. The number of aliphatic imine (C=N–C) groups is 1. The van der Waals surface area contributed by atoms with Crippen LogP contribution in [-0.4, -0.2) is 76.2 Å². The van der Waals surface area contributed by atoms with Gasteiger partial charge in [0.2, 0.25) is 10.0 Å². The van der Waals surface area contributed by atoms with Gasteiger partial charge in [-0.25, -0.2) is 8.42 Å². The summed E-state index contributed by atoms with van der Waals surface area (Å²) >= 11 is 0. The van der Waals surface area contributed by atoms with Crippen molar-refractivity contribution in [1.29, 1.82) is 0 Å². The third-order valence-electron chi connectivity index (χ3n) is 7.52. The number of sulfonamides is 1. The predicted molar refractivity (Wildman–Crippen MR) is 164 cm³/mol. The number of amides is 1. The minimum atomic E-state index is -4.17. The number of carboxylic acid groups (broad SMARTS) is 1. The first kappa shape index (κ1) is 31.3. The van der Waals surface area contributed by atoms with Crippen LogP contribution in [0.1, 0.15) is 62.4 Å². The molecule has 5 N–H and O–H groups in total. The predicted octanol–water partition coefficient (Wildman–Crippen LogP) is 2.44. The zero-order valence-corrected chi connectivity index (χ0v) is 25.3. The Morgan fingerprint density at radius 2 is 1.76 bits per heavy atom. The number of hydrogen-bond donors (Lipinski definition) is 5. The quantitative estimate of drug-likeness (QED) is 0.295. The fourth-order valence-electron chi connectivity index (χ4n) is 5.13. The number of aliphatic carboxylic acids is 1. The Bertz CT molecular complexity index is 1380. The summed E-state index contributed by atoms with van der Waals surface area (Å²) < 4.78 is 28.5. The molecule has 4 rings (SSSR count). The number of carbonyl (C=O) groups excluding carboxylic acids is 1. The number of nitrogens with zero attached hydrogens (tertiary/aromatic N) is 2. The fourth-order valence-corrected chi connectivity index (χ4v) is 6.74. The summed E-state index contributed by atoms with van der Waals surface area (Å²) in [6, 6.07) is 12.4. The molecule has 12 heteroatoms. The minimum absolute atomic E-state index is 0.0142. The largest absolute Gasteiger partial charge is 0.480 e. The van der Waals surface area contributed by atoms with Gasteiger partial charge in [0.15, 0.2) is 5.96 Å². The Balaban J connectivity index is 1.31. The Kier molecular flexibility index (Phi) is 10.1. The zero-order valence-electron chi connectivity index (χ0n) is 24.5. The van der Waals surface area contributed by atoms with Crippen molar-refractivity contribution in [2.45, 2.75) is 68.8 Å². The van der Waals surface area contributed by atoms with Crippen LogP contribution in [-0.2, 0) is 20.2 Å². The van der Waals surface area contributed by atoms with Crippen molar-refractivity contribution in [1.82, 2.24) is 20.7 Å². The van der Waals surface area contributed by atoms with E-state index in [1.165, 1.54) is 6.07 Å². The molecular weight excluding hydrogens is 556 g/mol. The average Bonchev–Trinajstić information content (AvgIpc) is 3.23. The molecule has 228 valence electrons. The van der Waals surface area contributed by atoms with Crippen molar-refractivity contribution in [3.8, 4) is 0 Å². The van der Waals surface area contributed by atoms with E-state index in [0.717, 1.165) is 63.5 Å². The molecule has 0 aromatic heterocycles. The van der Waals surface area contributed by atoms with Gasteiger partial charge in [-0.15, -0.1) is 0 Å². The number of hydrogen-bond acceptors (Lipinski definition) is 8. The molecule has 2 heterocycles. The first-order chi connectivity index (χ1) is 19.9. The molecule has 0 aliphatic carbocycles. The second-order valence-electron chi connectivity index (χ2n) is 11.8. The second-order valence-corrected chi connectivity index (χ2v) is 13.5. The zero-order chi connectivity index (χ0) is 30.3. The molecule has 2 aliphatic rings.